The van der Waals surface area contributed by atoms with Crippen LogP contribution in [0, 0.1) is 13.8 Å². The molecule has 0 bridgehead atoms. The maximum atomic E-state index is 6.53. The van der Waals surface area contributed by atoms with E-state index in [1.54, 1.807) is 18.4 Å². The molecule has 1 aromatic heterocycles. The molecule has 0 spiro atoms. The molecular weight excluding hydrogens is 507 g/mol. The summed E-state index contributed by atoms with van der Waals surface area (Å²) in [4.78, 5) is 10.2. The van der Waals surface area contributed by atoms with Crippen LogP contribution in [0.1, 0.15) is 34.0 Å². The van der Waals surface area contributed by atoms with Crippen LogP contribution in [-0.2, 0) is 16.7 Å². The first kappa shape index (κ1) is 23.4. The molecule has 28 heavy (non-hydrogen) atoms. The molecule has 0 aliphatic carbocycles. The number of halogens is 2. The zero-order valence-electron chi connectivity index (χ0n) is 16.5. The molecule has 2 aromatic rings. The summed E-state index contributed by atoms with van der Waals surface area (Å²) in [7, 11) is 1.79. The van der Waals surface area contributed by atoms with E-state index in [-0.39, 0.29) is 29.4 Å². The van der Waals surface area contributed by atoms with Gasteiger partial charge in [0.15, 0.2) is 5.96 Å². The van der Waals surface area contributed by atoms with Crippen molar-refractivity contribution in [1.82, 2.24) is 15.6 Å². The molecule has 0 unspecified atom stereocenters. The second kappa shape index (κ2) is 10.8. The Kier molecular flexibility index (Phi) is 8.98. The first-order valence-electron chi connectivity index (χ1n) is 9.24. The van der Waals surface area contributed by atoms with Crippen LogP contribution in [0.4, 0.5) is 0 Å². The fraction of sp³-hybridized carbons (Fsp3) is 0.500. The van der Waals surface area contributed by atoms with Crippen LogP contribution in [0.25, 0.3) is 0 Å². The lowest BCUT2D eigenvalue weighted by Gasteiger charge is -2.38. The molecule has 2 N–H and O–H groups in total. The van der Waals surface area contributed by atoms with Crippen molar-refractivity contribution in [3.05, 3.63) is 50.4 Å². The summed E-state index contributed by atoms with van der Waals surface area (Å²) in [5, 5.41) is 8.76. The largest absolute Gasteiger partial charge is 0.381 e. The first-order valence-corrected chi connectivity index (χ1v) is 10.4. The van der Waals surface area contributed by atoms with E-state index in [2.05, 4.69) is 39.7 Å². The molecule has 5 nitrogen and oxygen atoms in total. The highest BCUT2D eigenvalue weighted by molar-refractivity contribution is 14.0. The second-order valence-electron chi connectivity index (χ2n) is 6.90. The smallest absolute Gasteiger partial charge is 0.191 e. The Bertz CT molecular complexity index is 786. The van der Waals surface area contributed by atoms with Gasteiger partial charge >= 0.3 is 0 Å². The number of nitrogens with zero attached hydrogens (tertiary/aromatic N) is 2. The number of aromatic nitrogens is 1. The standard InChI is InChI=1S/C20H27ClN4OS.HI/c1-14-15(2)27-18(25-14)12-23-19(22-3)24-13-20(8-10-26-11-9-20)16-6-4-5-7-17(16)21;/h4-7H,8-13H2,1-3H3,(H2,22,23,24);1H. The topological polar surface area (TPSA) is 58.5 Å². The Morgan fingerprint density at radius 2 is 1.96 bits per heavy atom. The Morgan fingerprint density at radius 3 is 2.57 bits per heavy atom. The third-order valence-electron chi connectivity index (χ3n) is 5.19. The van der Waals surface area contributed by atoms with Gasteiger partial charge < -0.3 is 15.4 Å². The third-order valence-corrected chi connectivity index (χ3v) is 6.60. The summed E-state index contributed by atoms with van der Waals surface area (Å²) < 4.78 is 5.61. The summed E-state index contributed by atoms with van der Waals surface area (Å²) in [5.41, 5.74) is 2.23. The zero-order chi connectivity index (χ0) is 19.3. The number of benzene rings is 1. The van der Waals surface area contributed by atoms with Crippen LogP contribution in [0.2, 0.25) is 5.02 Å². The Morgan fingerprint density at radius 1 is 1.25 bits per heavy atom. The van der Waals surface area contributed by atoms with Crippen LogP contribution in [0.15, 0.2) is 29.3 Å². The quantitative estimate of drug-likeness (QED) is 0.338. The molecule has 154 valence electrons. The number of hydrogen-bond donors (Lipinski definition) is 2. The molecule has 1 aliphatic rings. The summed E-state index contributed by atoms with van der Waals surface area (Å²) >= 11 is 8.25. The molecule has 0 saturated carbocycles. The van der Waals surface area contributed by atoms with Gasteiger partial charge in [0.2, 0.25) is 0 Å². The number of ether oxygens (including phenoxy) is 1. The number of aliphatic imine (C=N–C) groups is 1. The van der Waals surface area contributed by atoms with E-state index in [4.69, 9.17) is 16.3 Å². The van der Waals surface area contributed by atoms with Crippen molar-refractivity contribution >= 4 is 52.9 Å². The van der Waals surface area contributed by atoms with E-state index in [0.29, 0.717) is 6.54 Å². The first-order chi connectivity index (χ1) is 13.0. The molecule has 2 heterocycles. The van der Waals surface area contributed by atoms with E-state index < -0.39 is 0 Å². The van der Waals surface area contributed by atoms with Crippen molar-refractivity contribution in [3.8, 4) is 0 Å². The van der Waals surface area contributed by atoms with E-state index in [1.165, 1.54) is 10.4 Å². The van der Waals surface area contributed by atoms with E-state index in [1.807, 2.05) is 19.1 Å². The van der Waals surface area contributed by atoms with Gasteiger partial charge in [0.05, 0.1) is 12.2 Å². The maximum Gasteiger partial charge on any atom is 0.191 e. The van der Waals surface area contributed by atoms with Gasteiger partial charge in [-0.3, -0.25) is 4.99 Å². The zero-order valence-corrected chi connectivity index (χ0v) is 20.5. The fourth-order valence-electron chi connectivity index (χ4n) is 3.44. The molecule has 0 radical (unpaired) electrons. The van der Waals surface area contributed by atoms with Crippen LogP contribution < -0.4 is 10.6 Å². The van der Waals surface area contributed by atoms with Gasteiger partial charge in [-0.2, -0.15) is 0 Å². The Hall–Kier alpha value is -0.900. The molecule has 1 aromatic carbocycles. The van der Waals surface area contributed by atoms with Crippen LogP contribution in [-0.4, -0.2) is 37.7 Å². The minimum atomic E-state index is -0.0530. The number of nitrogens with one attached hydrogen (secondary N) is 2. The average Bonchev–Trinajstić information content (AvgIpc) is 3.00. The highest BCUT2D eigenvalue weighted by atomic mass is 127. The van der Waals surface area contributed by atoms with E-state index >= 15 is 0 Å². The predicted molar refractivity (Wildman–Crippen MR) is 128 cm³/mol. The number of thiazole rings is 1. The predicted octanol–water partition coefficient (Wildman–Crippen LogP) is 4.44. The van der Waals surface area contributed by atoms with E-state index in [9.17, 15) is 0 Å². The Labute approximate surface area is 193 Å². The molecule has 0 amide bonds. The SMILES string of the molecule is CN=C(NCc1nc(C)c(C)s1)NCC1(c2ccccc2Cl)CCOCC1.I. The number of guanidine groups is 1. The molecule has 8 heteroatoms. The van der Waals surface area contributed by atoms with Gasteiger partial charge in [-0.05, 0) is 38.3 Å². The lowest BCUT2D eigenvalue weighted by atomic mass is 9.74. The highest BCUT2D eigenvalue weighted by Crippen LogP contribution is 2.38. The van der Waals surface area contributed by atoms with Gasteiger partial charge in [0.25, 0.3) is 0 Å². The number of hydrogen-bond acceptors (Lipinski definition) is 4. The van der Waals surface area contributed by atoms with Crippen LogP contribution in [0.3, 0.4) is 0 Å². The Balaban J connectivity index is 0.00000280. The summed E-state index contributed by atoms with van der Waals surface area (Å²) in [5.74, 6) is 0.776. The maximum absolute atomic E-state index is 6.53. The van der Waals surface area contributed by atoms with Gasteiger partial charge in [0, 0.05) is 42.1 Å². The van der Waals surface area contributed by atoms with Gasteiger partial charge in [-0.15, -0.1) is 35.3 Å². The molecule has 3 rings (SSSR count). The van der Waals surface area contributed by atoms with Crippen molar-refractivity contribution in [1.29, 1.82) is 0 Å². The van der Waals surface area contributed by atoms with Gasteiger partial charge in [-0.25, -0.2) is 4.98 Å². The number of aryl methyl sites for hydroxylation is 2. The molecule has 1 aliphatic heterocycles. The van der Waals surface area contributed by atoms with Crippen LogP contribution in [0.5, 0.6) is 0 Å². The highest BCUT2D eigenvalue weighted by Gasteiger charge is 2.36. The van der Waals surface area contributed by atoms with Gasteiger partial charge in [-0.1, -0.05) is 29.8 Å². The lowest BCUT2D eigenvalue weighted by molar-refractivity contribution is 0.0514. The number of rotatable bonds is 5. The van der Waals surface area contributed by atoms with Crippen molar-refractivity contribution in [3.63, 3.8) is 0 Å². The second-order valence-corrected chi connectivity index (χ2v) is 8.60. The third kappa shape index (κ3) is 5.58. The van der Waals surface area contributed by atoms with Crippen molar-refractivity contribution in [2.75, 3.05) is 26.8 Å². The summed E-state index contributed by atoms with van der Waals surface area (Å²) in [6.07, 6.45) is 1.87. The van der Waals surface area contributed by atoms with E-state index in [0.717, 1.165) is 54.3 Å². The van der Waals surface area contributed by atoms with Crippen molar-refractivity contribution < 1.29 is 4.74 Å². The normalized spacial score (nSPS) is 16.4. The monoisotopic (exact) mass is 534 g/mol. The summed E-state index contributed by atoms with van der Waals surface area (Å²) in [6, 6.07) is 8.13. The van der Waals surface area contributed by atoms with Gasteiger partial charge in [0.1, 0.15) is 5.01 Å². The lowest BCUT2D eigenvalue weighted by Crippen LogP contribution is -2.48. The fourth-order valence-corrected chi connectivity index (χ4v) is 4.65. The molecule has 1 saturated heterocycles. The molecule has 0 atom stereocenters. The minimum absolute atomic E-state index is 0. The average molecular weight is 535 g/mol. The van der Waals surface area contributed by atoms with Crippen molar-refractivity contribution in [2.24, 2.45) is 4.99 Å². The molecule has 1 fully saturated rings. The molecular formula is C20H28ClIN4OS. The minimum Gasteiger partial charge on any atom is -0.381 e. The van der Waals surface area contributed by atoms with Crippen molar-refractivity contribution in [2.45, 2.75) is 38.6 Å². The van der Waals surface area contributed by atoms with Crippen LogP contribution >= 0.6 is 46.9 Å². The summed E-state index contributed by atoms with van der Waals surface area (Å²) in [6.45, 7) is 7.06.